The largest absolute Gasteiger partial charge is 0.486 e. The van der Waals surface area contributed by atoms with Crippen LogP contribution in [0.3, 0.4) is 0 Å². The second kappa shape index (κ2) is 7.01. The van der Waals surface area contributed by atoms with Gasteiger partial charge in [-0.3, -0.25) is 9.69 Å². The molecule has 22 heavy (non-hydrogen) atoms. The minimum atomic E-state index is -0.132. The molecule has 1 saturated heterocycles. The van der Waals surface area contributed by atoms with Gasteiger partial charge in [-0.05, 0) is 45.0 Å². The molecule has 2 unspecified atom stereocenters. The van der Waals surface area contributed by atoms with Gasteiger partial charge >= 0.3 is 0 Å². The minimum absolute atomic E-state index is 0.0721. The van der Waals surface area contributed by atoms with Crippen molar-refractivity contribution in [1.29, 1.82) is 0 Å². The molecule has 0 saturated carbocycles. The van der Waals surface area contributed by atoms with Crippen LogP contribution in [-0.4, -0.2) is 49.2 Å². The fourth-order valence-electron chi connectivity index (χ4n) is 3.00. The maximum atomic E-state index is 12.3. The molecule has 5 heteroatoms. The standard InChI is InChI=1S/C17H24N2O3/c1-13(19-9-5-2-6-10-19)17(20)18-11-14-12-21-15-7-3-4-8-16(15)22-14/h3-4,7-8,13-14H,2,5-6,9-12H2,1H3,(H,18,20). The van der Waals surface area contributed by atoms with Crippen LogP contribution in [0.5, 0.6) is 11.5 Å². The first-order valence-corrected chi connectivity index (χ1v) is 8.14. The smallest absolute Gasteiger partial charge is 0.237 e. The third kappa shape index (κ3) is 3.53. The second-order valence-corrected chi connectivity index (χ2v) is 6.02. The zero-order valence-electron chi connectivity index (χ0n) is 13.1. The highest BCUT2D eigenvalue weighted by molar-refractivity contribution is 5.81. The van der Waals surface area contributed by atoms with Crippen LogP contribution in [0.25, 0.3) is 0 Å². The Labute approximate surface area is 131 Å². The number of rotatable bonds is 4. The van der Waals surface area contributed by atoms with Crippen LogP contribution in [0.4, 0.5) is 0 Å². The summed E-state index contributed by atoms with van der Waals surface area (Å²) in [4.78, 5) is 14.5. The van der Waals surface area contributed by atoms with E-state index < -0.39 is 0 Å². The number of fused-ring (bicyclic) bond motifs is 1. The average Bonchev–Trinajstić information content (AvgIpc) is 2.59. The zero-order chi connectivity index (χ0) is 15.4. The van der Waals surface area contributed by atoms with Crippen LogP contribution in [0.2, 0.25) is 0 Å². The van der Waals surface area contributed by atoms with E-state index in [1.807, 2.05) is 31.2 Å². The van der Waals surface area contributed by atoms with Crippen molar-refractivity contribution in [3.63, 3.8) is 0 Å². The van der Waals surface area contributed by atoms with Gasteiger partial charge in [0.25, 0.3) is 0 Å². The summed E-state index contributed by atoms with van der Waals surface area (Å²) in [5.41, 5.74) is 0. The topological polar surface area (TPSA) is 50.8 Å². The third-order valence-electron chi connectivity index (χ3n) is 4.39. The second-order valence-electron chi connectivity index (χ2n) is 6.02. The molecule has 3 rings (SSSR count). The van der Waals surface area contributed by atoms with Crippen LogP contribution < -0.4 is 14.8 Å². The average molecular weight is 304 g/mol. The molecule has 0 spiro atoms. The molecule has 5 nitrogen and oxygen atoms in total. The lowest BCUT2D eigenvalue weighted by atomic mass is 10.1. The van der Waals surface area contributed by atoms with Crippen LogP contribution in [-0.2, 0) is 4.79 Å². The van der Waals surface area contributed by atoms with Gasteiger partial charge in [0.2, 0.25) is 5.91 Å². The van der Waals surface area contributed by atoms with Crippen molar-refractivity contribution in [1.82, 2.24) is 10.2 Å². The number of nitrogens with zero attached hydrogens (tertiary/aromatic N) is 1. The highest BCUT2D eigenvalue weighted by Gasteiger charge is 2.25. The lowest BCUT2D eigenvalue weighted by Gasteiger charge is -2.32. The number of carbonyl (C=O) groups excluding carboxylic acids is 1. The van der Waals surface area contributed by atoms with E-state index in [2.05, 4.69) is 10.2 Å². The summed E-state index contributed by atoms with van der Waals surface area (Å²) in [6.45, 7) is 4.96. The van der Waals surface area contributed by atoms with Gasteiger partial charge in [0.1, 0.15) is 12.7 Å². The maximum Gasteiger partial charge on any atom is 0.237 e. The van der Waals surface area contributed by atoms with Gasteiger partial charge in [0, 0.05) is 0 Å². The van der Waals surface area contributed by atoms with E-state index >= 15 is 0 Å². The molecule has 0 aliphatic carbocycles. The fraction of sp³-hybridized carbons (Fsp3) is 0.588. The molecule has 0 bridgehead atoms. The molecule has 2 aliphatic rings. The number of hydrogen-bond acceptors (Lipinski definition) is 4. The van der Waals surface area contributed by atoms with Crippen LogP contribution in [0.1, 0.15) is 26.2 Å². The highest BCUT2D eigenvalue weighted by atomic mass is 16.6. The van der Waals surface area contributed by atoms with E-state index in [-0.39, 0.29) is 18.1 Å². The van der Waals surface area contributed by atoms with Gasteiger partial charge in [-0.15, -0.1) is 0 Å². The summed E-state index contributed by atoms with van der Waals surface area (Å²) in [5, 5.41) is 2.99. The number of carbonyl (C=O) groups is 1. The zero-order valence-corrected chi connectivity index (χ0v) is 13.1. The van der Waals surface area contributed by atoms with Crippen molar-refractivity contribution in [3.05, 3.63) is 24.3 Å². The molecule has 1 fully saturated rings. The Hall–Kier alpha value is -1.75. The van der Waals surface area contributed by atoms with Gasteiger partial charge in [-0.25, -0.2) is 0 Å². The van der Waals surface area contributed by atoms with E-state index in [0.29, 0.717) is 13.2 Å². The first kappa shape index (κ1) is 15.2. The Balaban J connectivity index is 1.47. The normalized spacial score (nSPS) is 22.9. The van der Waals surface area contributed by atoms with Gasteiger partial charge in [0.15, 0.2) is 11.5 Å². The predicted octanol–water partition coefficient (Wildman–Crippen LogP) is 1.82. The molecule has 1 aromatic rings. The molecule has 2 atom stereocenters. The Morgan fingerprint density at radius 3 is 2.77 bits per heavy atom. The minimum Gasteiger partial charge on any atom is -0.486 e. The van der Waals surface area contributed by atoms with E-state index in [9.17, 15) is 4.79 Å². The van der Waals surface area contributed by atoms with Crippen molar-refractivity contribution in [2.45, 2.75) is 38.3 Å². The summed E-state index contributed by atoms with van der Waals surface area (Å²) in [6, 6.07) is 7.55. The molecular formula is C17H24N2O3. The number of hydrogen-bond donors (Lipinski definition) is 1. The Kier molecular flexibility index (Phi) is 4.83. The van der Waals surface area contributed by atoms with Crippen molar-refractivity contribution >= 4 is 5.91 Å². The molecule has 1 aromatic carbocycles. The van der Waals surface area contributed by atoms with Crippen molar-refractivity contribution < 1.29 is 14.3 Å². The molecule has 120 valence electrons. The number of benzene rings is 1. The first-order valence-electron chi connectivity index (χ1n) is 8.14. The van der Waals surface area contributed by atoms with Gasteiger partial charge in [0.05, 0.1) is 12.6 Å². The third-order valence-corrected chi connectivity index (χ3v) is 4.39. The summed E-state index contributed by atoms with van der Waals surface area (Å²) >= 11 is 0. The summed E-state index contributed by atoms with van der Waals surface area (Å²) in [5.74, 6) is 1.59. The van der Waals surface area contributed by atoms with Crippen LogP contribution in [0, 0.1) is 0 Å². The molecule has 1 N–H and O–H groups in total. The Morgan fingerprint density at radius 2 is 2.00 bits per heavy atom. The molecule has 0 aromatic heterocycles. The molecule has 1 amide bonds. The molecular weight excluding hydrogens is 280 g/mol. The van der Waals surface area contributed by atoms with Gasteiger partial charge in [-0.2, -0.15) is 0 Å². The van der Waals surface area contributed by atoms with Crippen molar-refractivity contribution in [2.75, 3.05) is 26.2 Å². The Bertz CT molecular complexity index is 514. The highest BCUT2D eigenvalue weighted by Crippen LogP contribution is 2.30. The monoisotopic (exact) mass is 304 g/mol. The van der Waals surface area contributed by atoms with Crippen LogP contribution in [0.15, 0.2) is 24.3 Å². The predicted molar refractivity (Wildman–Crippen MR) is 84.2 cm³/mol. The SMILES string of the molecule is CC(C(=O)NCC1COc2ccccc2O1)N1CCCCC1. The van der Waals surface area contributed by atoms with Crippen LogP contribution >= 0.6 is 0 Å². The molecule has 2 aliphatic heterocycles. The van der Waals surface area contributed by atoms with Crippen molar-refractivity contribution in [3.8, 4) is 11.5 Å². The number of para-hydroxylation sites is 2. The lowest BCUT2D eigenvalue weighted by Crippen LogP contribution is -2.50. The summed E-state index contributed by atoms with van der Waals surface area (Å²) < 4.78 is 11.5. The molecule has 2 heterocycles. The van der Waals surface area contributed by atoms with Gasteiger partial charge < -0.3 is 14.8 Å². The van der Waals surface area contributed by atoms with E-state index in [1.165, 1.54) is 19.3 Å². The van der Waals surface area contributed by atoms with E-state index in [4.69, 9.17) is 9.47 Å². The summed E-state index contributed by atoms with van der Waals surface area (Å²) in [7, 11) is 0. The van der Waals surface area contributed by atoms with Crippen molar-refractivity contribution in [2.24, 2.45) is 0 Å². The quantitative estimate of drug-likeness (QED) is 0.922. The number of ether oxygens (including phenoxy) is 2. The van der Waals surface area contributed by atoms with E-state index in [1.54, 1.807) is 0 Å². The number of amides is 1. The van der Waals surface area contributed by atoms with Gasteiger partial charge in [-0.1, -0.05) is 18.6 Å². The first-order chi connectivity index (χ1) is 10.7. The fourth-order valence-corrected chi connectivity index (χ4v) is 3.00. The lowest BCUT2D eigenvalue weighted by molar-refractivity contribution is -0.126. The number of likely N-dealkylation sites (tertiary alicyclic amines) is 1. The molecule has 0 radical (unpaired) electrons. The van der Waals surface area contributed by atoms with E-state index in [0.717, 1.165) is 24.6 Å². The number of piperidine rings is 1. The Morgan fingerprint density at radius 1 is 1.27 bits per heavy atom. The summed E-state index contributed by atoms with van der Waals surface area (Å²) in [6.07, 6.45) is 3.52. The maximum absolute atomic E-state index is 12.3. The number of nitrogens with one attached hydrogen (secondary N) is 1.